The second-order valence-electron chi connectivity index (χ2n) is 7.65. The minimum Gasteiger partial charge on any atom is -0.496 e. The summed E-state index contributed by atoms with van der Waals surface area (Å²) < 4.78 is 5.46. The van der Waals surface area contributed by atoms with Gasteiger partial charge in [0, 0.05) is 38.2 Å². The number of carbonyl (C=O) groups is 2. The third-order valence-corrected chi connectivity index (χ3v) is 5.18. The van der Waals surface area contributed by atoms with Gasteiger partial charge < -0.3 is 14.5 Å². The molecule has 0 unspecified atom stereocenters. The van der Waals surface area contributed by atoms with Crippen molar-refractivity contribution >= 4 is 11.8 Å². The van der Waals surface area contributed by atoms with Crippen LogP contribution in [0, 0.1) is 26.7 Å². The number of methoxy groups -OCH3 is 1. The molecule has 0 aromatic heterocycles. The molecule has 1 aliphatic heterocycles. The summed E-state index contributed by atoms with van der Waals surface area (Å²) in [6.45, 7) is 12.7. The van der Waals surface area contributed by atoms with Crippen LogP contribution in [0.15, 0.2) is 6.07 Å². The predicted molar refractivity (Wildman–Crippen MR) is 104 cm³/mol. The first-order valence-corrected chi connectivity index (χ1v) is 9.48. The van der Waals surface area contributed by atoms with Gasteiger partial charge in [0.2, 0.25) is 5.91 Å². The summed E-state index contributed by atoms with van der Waals surface area (Å²) in [5.41, 5.74) is 3.69. The van der Waals surface area contributed by atoms with Crippen LogP contribution in [0.25, 0.3) is 0 Å². The van der Waals surface area contributed by atoms with E-state index in [1.807, 2.05) is 36.6 Å². The van der Waals surface area contributed by atoms with E-state index in [1.54, 1.807) is 7.11 Å². The number of rotatable bonds is 4. The van der Waals surface area contributed by atoms with Crippen molar-refractivity contribution in [3.8, 4) is 5.75 Å². The van der Waals surface area contributed by atoms with E-state index in [1.165, 1.54) is 0 Å². The number of nitrogens with zero attached hydrogens (tertiary/aromatic N) is 2. The Labute approximate surface area is 157 Å². The maximum Gasteiger partial charge on any atom is 0.254 e. The fourth-order valence-electron chi connectivity index (χ4n) is 3.61. The largest absolute Gasteiger partial charge is 0.496 e. The van der Waals surface area contributed by atoms with Crippen LogP contribution in [0.2, 0.25) is 0 Å². The van der Waals surface area contributed by atoms with Gasteiger partial charge in [0.05, 0.1) is 7.11 Å². The molecule has 1 aliphatic rings. The quantitative estimate of drug-likeness (QED) is 0.827. The van der Waals surface area contributed by atoms with Gasteiger partial charge in [-0.15, -0.1) is 0 Å². The second kappa shape index (κ2) is 8.56. The lowest BCUT2D eigenvalue weighted by molar-refractivity contribution is -0.131. The normalized spacial score (nSPS) is 15.2. The third-order valence-electron chi connectivity index (χ3n) is 5.18. The summed E-state index contributed by atoms with van der Waals surface area (Å²) in [7, 11) is 1.66. The summed E-state index contributed by atoms with van der Waals surface area (Å²) in [6.07, 6.45) is 1.40. The van der Waals surface area contributed by atoms with Gasteiger partial charge in [-0.05, 0) is 55.9 Å². The maximum atomic E-state index is 13.1. The first kappa shape index (κ1) is 20.3. The minimum atomic E-state index is 0.0505. The van der Waals surface area contributed by atoms with Crippen molar-refractivity contribution in [2.45, 2.75) is 47.5 Å². The summed E-state index contributed by atoms with van der Waals surface area (Å²) in [5.74, 6) is 1.45. The smallest absolute Gasteiger partial charge is 0.254 e. The second-order valence-corrected chi connectivity index (χ2v) is 7.65. The van der Waals surface area contributed by atoms with E-state index in [0.29, 0.717) is 32.0 Å². The van der Waals surface area contributed by atoms with E-state index >= 15 is 0 Å². The zero-order valence-corrected chi connectivity index (χ0v) is 17.0. The molecular formula is C21H32N2O3. The molecule has 2 amide bonds. The highest BCUT2D eigenvalue weighted by Crippen LogP contribution is 2.29. The lowest BCUT2D eigenvalue weighted by Gasteiger charge is -2.24. The molecule has 1 aromatic carbocycles. The standard InChI is InChI=1S/C21H32N2O3/c1-14(2)12-19(24)22-8-7-9-23(11-10-22)21(25)18-13-15(3)20(26-6)17(5)16(18)4/h13-14H,7-12H2,1-6H3. The van der Waals surface area contributed by atoms with Crippen molar-refractivity contribution in [3.63, 3.8) is 0 Å². The van der Waals surface area contributed by atoms with Gasteiger partial charge in [0.1, 0.15) is 5.75 Å². The Morgan fingerprint density at radius 2 is 1.65 bits per heavy atom. The highest BCUT2D eigenvalue weighted by Gasteiger charge is 2.25. The van der Waals surface area contributed by atoms with Crippen molar-refractivity contribution in [2.24, 2.45) is 5.92 Å². The van der Waals surface area contributed by atoms with E-state index in [-0.39, 0.29) is 11.8 Å². The lowest BCUT2D eigenvalue weighted by Crippen LogP contribution is -2.38. The number of aryl methyl sites for hydroxylation is 1. The molecule has 0 N–H and O–H groups in total. The zero-order chi connectivity index (χ0) is 19.4. The van der Waals surface area contributed by atoms with Crippen LogP contribution in [0.1, 0.15) is 53.7 Å². The van der Waals surface area contributed by atoms with Crippen LogP contribution in [-0.2, 0) is 4.79 Å². The Morgan fingerprint density at radius 3 is 2.27 bits per heavy atom. The molecule has 144 valence electrons. The Morgan fingerprint density at radius 1 is 1.04 bits per heavy atom. The van der Waals surface area contributed by atoms with E-state index in [9.17, 15) is 9.59 Å². The molecule has 1 aromatic rings. The van der Waals surface area contributed by atoms with Gasteiger partial charge in [-0.1, -0.05) is 13.8 Å². The molecule has 0 aliphatic carbocycles. The van der Waals surface area contributed by atoms with Crippen molar-refractivity contribution < 1.29 is 14.3 Å². The SMILES string of the molecule is COc1c(C)cc(C(=O)N2CCCN(C(=O)CC(C)C)CC2)c(C)c1C. The van der Waals surface area contributed by atoms with Crippen LogP contribution >= 0.6 is 0 Å². The molecule has 1 fully saturated rings. The summed E-state index contributed by atoms with van der Waals surface area (Å²) in [4.78, 5) is 29.2. The number of benzene rings is 1. The molecule has 5 heteroatoms. The van der Waals surface area contributed by atoms with E-state index in [4.69, 9.17) is 4.74 Å². The highest BCUT2D eigenvalue weighted by atomic mass is 16.5. The first-order chi connectivity index (χ1) is 12.3. The van der Waals surface area contributed by atoms with E-state index in [2.05, 4.69) is 13.8 Å². The predicted octanol–water partition coefficient (Wildman–Crippen LogP) is 3.34. The Bertz CT molecular complexity index is 682. The fourth-order valence-corrected chi connectivity index (χ4v) is 3.61. The van der Waals surface area contributed by atoms with Crippen LogP contribution in [0.3, 0.4) is 0 Å². The number of ether oxygens (including phenoxy) is 1. The van der Waals surface area contributed by atoms with Gasteiger partial charge in [0.25, 0.3) is 5.91 Å². The number of amides is 2. The van der Waals surface area contributed by atoms with Gasteiger partial charge in [-0.2, -0.15) is 0 Å². The topological polar surface area (TPSA) is 49.9 Å². The average molecular weight is 360 g/mol. The molecule has 1 heterocycles. The Balaban J connectivity index is 2.15. The van der Waals surface area contributed by atoms with Crippen LogP contribution in [0.4, 0.5) is 0 Å². The van der Waals surface area contributed by atoms with Crippen molar-refractivity contribution in [1.29, 1.82) is 0 Å². The summed E-state index contributed by atoms with van der Waals surface area (Å²) >= 11 is 0. The molecule has 0 spiro atoms. The van der Waals surface area contributed by atoms with Gasteiger partial charge >= 0.3 is 0 Å². The number of carbonyl (C=O) groups excluding carboxylic acids is 2. The molecular weight excluding hydrogens is 328 g/mol. The Hall–Kier alpha value is -2.04. The minimum absolute atomic E-state index is 0.0505. The van der Waals surface area contributed by atoms with Crippen LogP contribution in [-0.4, -0.2) is 54.9 Å². The van der Waals surface area contributed by atoms with Gasteiger partial charge in [0.15, 0.2) is 0 Å². The summed E-state index contributed by atoms with van der Waals surface area (Å²) in [5, 5.41) is 0. The first-order valence-electron chi connectivity index (χ1n) is 9.48. The zero-order valence-electron chi connectivity index (χ0n) is 17.0. The molecule has 2 rings (SSSR count). The lowest BCUT2D eigenvalue weighted by atomic mass is 9.97. The Kier molecular flexibility index (Phi) is 6.68. The molecule has 0 bridgehead atoms. The molecule has 0 atom stereocenters. The third kappa shape index (κ3) is 4.37. The molecule has 5 nitrogen and oxygen atoms in total. The monoisotopic (exact) mass is 360 g/mol. The summed E-state index contributed by atoms with van der Waals surface area (Å²) in [6, 6.07) is 1.93. The van der Waals surface area contributed by atoms with Crippen molar-refractivity contribution in [2.75, 3.05) is 33.3 Å². The maximum absolute atomic E-state index is 13.1. The number of hydrogen-bond acceptors (Lipinski definition) is 3. The highest BCUT2D eigenvalue weighted by molar-refractivity contribution is 5.96. The van der Waals surface area contributed by atoms with Crippen molar-refractivity contribution in [3.05, 3.63) is 28.3 Å². The van der Waals surface area contributed by atoms with E-state index in [0.717, 1.165) is 41.0 Å². The molecule has 26 heavy (non-hydrogen) atoms. The van der Waals surface area contributed by atoms with Crippen LogP contribution < -0.4 is 4.74 Å². The molecule has 1 saturated heterocycles. The average Bonchev–Trinajstić information content (AvgIpc) is 2.83. The number of hydrogen-bond donors (Lipinski definition) is 0. The van der Waals surface area contributed by atoms with Gasteiger partial charge in [-0.3, -0.25) is 9.59 Å². The van der Waals surface area contributed by atoms with Gasteiger partial charge in [-0.25, -0.2) is 0 Å². The molecule has 0 saturated carbocycles. The van der Waals surface area contributed by atoms with Crippen molar-refractivity contribution in [1.82, 2.24) is 9.80 Å². The molecule has 0 radical (unpaired) electrons. The van der Waals surface area contributed by atoms with E-state index < -0.39 is 0 Å². The van der Waals surface area contributed by atoms with Crippen LogP contribution in [0.5, 0.6) is 5.75 Å². The fraction of sp³-hybridized carbons (Fsp3) is 0.619.